The Morgan fingerprint density at radius 3 is 2.68 bits per heavy atom. The van der Waals surface area contributed by atoms with Gasteiger partial charge in [-0.2, -0.15) is 0 Å². The van der Waals surface area contributed by atoms with Gasteiger partial charge in [-0.3, -0.25) is 9.36 Å². The number of hydrogen-bond acceptors (Lipinski definition) is 4. The van der Waals surface area contributed by atoms with Crippen LogP contribution < -0.4 is 0 Å². The molecule has 1 atom stereocenters. The predicted molar refractivity (Wildman–Crippen MR) is 93.3 cm³/mol. The number of rotatable bonds is 4. The summed E-state index contributed by atoms with van der Waals surface area (Å²) < 4.78 is 7.59. The Hall–Kier alpha value is -2.21. The van der Waals surface area contributed by atoms with Gasteiger partial charge in [0.25, 0.3) is 5.91 Å². The SMILES string of the molecule is O=C([C@H]1CCCO1)N1CCC(Cc2nncn2-c2ccccc2)CC1. The number of nitrogens with zero attached hydrogens (tertiary/aromatic N) is 4. The van der Waals surface area contributed by atoms with E-state index < -0.39 is 0 Å². The summed E-state index contributed by atoms with van der Waals surface area (Å²) in [5.74, 6) is 1.72. The van der Waals surface area contributed by atoms with Gasteiger partial charge < -0.3 is 9.64 Å². The van der Waals surface area contributed by atoms with Crippen LogP contribution in [0.15, 0.2) is 36.7 Å². The second kappa shape index (κ2) is 7.35. The van der Waals surface area contributed by atoms with Crippen LogP contribution >= 0.6 is 0 Å². The summed E-state index contributed by atoms with van der Waals surface area (Å²) in [6, 6.07) is 10.2. The minimum Gasteiger partial charge on any atom is -0.368 e. The Kier molecular flexibility index (Phi) is 4.78. The predicted octanol–water partition coefficient (Wildman–Crippen LogP) is 2.23. The molecule has 4 rings (SSSR count). The first-order valence-corrected chi connectivity index (χ1v) is 9.16. The minimum atomic E-state index is -0.197. The fraction of sp³-hybridized carbons (Fsp3) is 0.526. The van der Waals surface area contributed by atoms with E-state index in [0.717, 1.165) is 63.3 Å². The van der Waals surface area contributed by atoms with Gasteiger partial charge in [0.1, 0.15) is 18.3 Å². The monoisotopic (exact) mass is 340 g/mol. The average Bonchev–Trinajstić information content (AvgIpc) is 3.35. The Morgan fingerprint density at radius 2 is 1.96 bits per heavy atom. The molecule has 2 aliphatic heterocycles. The van der Waals surface area contributed by atoms with E-state index in [4.69, 9.17) is 4.74 Å². The molecule has 0 spiro atoms. The lowest BCUT2D eigenvalue weighted by Crippen LogP contribution is -2.44. The second-order valence-electron chi connectivity index (χ2n) is 6.93. The van der Waals surface area contributed by atoms with Crippen molar-refractivity contribution in [1.29, 1.82) is 0 Å². The molecule has 3 heterocycles. The van der Waals surface area contributed by atoms with Crippen LogP contribution in [0, 0.1) is 5.92 Å². The zero-order valence-corrected chi connectivity index (χ0v) is 14.4. The maximum Gasteiger partial charge on any atom is 0.251 e. The average molecular weight is 340 g/mol. The molecule has 2 saturated heterocycles. The van der Waals surface area contributed by atoms with E-state index >= 15 is 0 Å². The van der Waals surface area contributed by atoms with Crippen molar-refractivity contribution in [3.63, 3.8) is 0 Å². The summed E-state index contributed by atoms with van der Waals surface area (Å²) in [4.78, 5) is 14.4. The van der Waals surface area contributed by atoms with Gasteiger partial charge in [0, 0.05) is 31.8 Å². The lowest BCUT2D eigenvalue weighted by molar-refractivity contribution is -0.142. The smallest absolute Gasteiger partial charge is 0.251 e. The van der Waals surface area contributed by atoms with Crippen molar-refractivity contribution < 1.29 is 9.53 Å². The molecule has 132 valence electrons. The van der Waals surface area contributed by atoms with Gasteiger partial charge in [0.05, 0.1) is 0 Å². The quantitative estimate of drug-likeness (QED) is 0.856. The highest BCUT2D eigenvalue weighted by Gasteiger charge is 2.31. The third-order valence-corrected chi connectivity index (χ3v) is 5.26. The number of benzene rings is 1. The van der Waals surface area contributed by atoms with Crippen molar-refractivity contribution in [3.05, 3.63) is 42.5 Å². The van der Waals surface area contributed by atoms with E-state index in [0.29, 0.717) is 5.92 Å². The highest BCUT2D eigenvalue weighted by Crippen LogP contribution is 2.24. The van der Waals surface area contributed by atoms with Crippen LogP contribution in [0.3, 0.4) is 0 Å². The molecule has 0 bridgehead atoms. The van der Waals surface area contributed by atoms with Crippen molar-refractivity contribution in [2.24, 2.45) is 5.92 Å². The lowest BCUT2D eigenvalue weighted by atomic mass is 9.93. The molecular formula is C19H24N4O2. The summed E-state index contributed by atoms with van der Waals surface area (Å²) in [6.07, 6.45) is 6.39. The van der Waals surface area contributed by atoms with Crippen LogP contribution in [-0.2, 0) is 16.0 Å². The van der Waals surface area contributed by atoms with Crippen LogP contribution in [0.25, 0.3) is 5.69 Å². The number of hydrogen-bond donors (Lipinski definition) is 0. The molecule has 1 aromatic carbocycles. The summed E-state index contributed by atoms with van der Waals surface area (Å²) in [7, 11) is 0. The van der Waals surface area contributed by atoms with Crippen LogP contribution in [0.5, 0.6) is 0 Å². The highest BCUT2D eigenvalue weighted by molar-refractivity contribution is 5.81. The Balaban J connectivity index is 1.35. The third kappa shape index (κ3) is 3.58. The maximum atomic E-state index is 12.4. The molecule has 0 unspecified atom stereocenters. The van der Waals surface area contributed by atoms with Gasteiger partial charge in [-0.1, -0.05) is 18.2 Å². The van der Waals surface area contributed by atoms with E-state index in [1.54, 1.807) is 6.33 Å². The Labute approximate surface area is 147 Å². The second-order valence-corrected chi connectivity index (χ2v) is 6.93. The first-order valence-electron chi connectivity index (χ1n) is 9.16. The number of ether oxygens (including phenoxy) is 1. The zero-order chi connectivity index (χ0) is 17.1. The number of aromatic nitrogens is 3. The molecule has 0 radical (unpaired) electrons. The van der Waals surface area contributed by atoms with Crippen molar-refractivity contribution in [1.82, 2.24) is 19.7 Å². The summed E-state index contributed by atoms with van der Waals surface area (Å²) in [6.45, 7) is 2.37. The van der Waals surface area contributed by atoms with Gasteiger partial charge >= 0.3 is 0 Å². The van der Waals surface area contributed by atoms with Crippen LogP contribution in [0.1, 0.15) is 31.5 Å². The number of carbonyl (C=O) groups is 1. The van der Waals surface area contributed by atoms with Gasteiger partial charge in [-0.15, -0.1) is 10.2 Å². The van der Waals surface area contributed by atoms with Crippen molar-refractivity contribution in [2.75, 3.05) is 19.7 Å². The summed E-state index contributed by atoms with van der Waals surface area (Å²) >= 11 is 0. The largest absolute Gasteiger partial charge is 0.368 e. The van der Waals surface area contributed by atoms with Gasteiger partial charge in [-0.25, -0.2) is 0 Å². The number of para-hydroxylation sites is 1. The normalized spacial score (nSPS) is 21.6. The van der Waals surface area contributed by atoms with Crippen molar-refractivity contribution in [2.45, 2.75) is 38.2 Å². The Bertz CT molecular complexity index is 701. The number of piperidine rings is 1. The maximum absolute atomic E-state index is 12.4. The lowest BCUT2D eigenvalue weighted by Gasteiger charge is -2.33. The van der Waals surface area contributed by atoms with Crippen molar-refractivity contribution in [3.8, 4) is 5.69 Å². The molecule has 0 saturated carbocycles. The molecule has 1 amide bonds. The highest BCUT2D eigenvalue weighted by atomic mass is 16.5. The van der Waals surface area contributed by atoms with E-state index in [1.165, 1.54) is 0 Å². The number of likely N-dealkylation sites (tertiary alicyclic amines) is 1. The van der Waals surface area contributed by atoms with E-state index in [2.05, 4.69) is 26.9 Å². The zero-order valence-electron chi connectivity index (χ0n) is 14.4. The number of amides is 1. The van der Waals surface area contributed by atoms with Crippen LogP contribution in [0.4, 0.5) is 0 Å². The molecule has 2 fully saturated rings. The molecule has 25 heavy (non-hydrogen) atoms. The molecule has 2 aromatic rings. The fourth-order valence-electron chi connectivity index (χ4n) is 3.79. The standard InChI is InChI=1S/C19H24N4O2/c24-19(17-7-4-12-25-17)22-10-8-15(9-11-22)13-18-21-20-14-23(18)16-5-2-1-3-6-16/h1-3,5-6,14-15,17H,4,7-13H2/t17-/m1/s1. The van der Waals surface area contributed by atoms with Crippen molar-refractivity contribution >= 4 is 5.91 Å². The fourth-order valence-corrected chi connectivity index (χ4v) is 3.79. The van der Waals surface area contributed by atoms with Gasteiger partial charge in [0.2, 0.25) is 0 Å². The number of carbonyl (C=O) groups excluding carboxylic acids is 1. The topological polar surface area (TPSA) is 60.2 Å². The Morgan fingerprint density at radius 1 is 1.16 bits per heavy atom. The van der Waals surface area contributed by atoms with E-state index in [9.17, 15) is 4.79 Å². The molecule has 0 aliphatic carbocycles. The molecule has 6 heteroatoms. The summed E-state index contributed by atoms with van der Waals surface area (Å²) in [5.41, 5.74) is 1.09. The van der Waals surface area contributed by atoms with Crippen LogP contribution in [-0.4, -0.2) is 51.4 Å². The molecular weight excluding hydrogens is 316 g/mol. The minimum absolute atomic E-state index is 0.184. The van der Waals surface area contributed by atoms with E-state index in [1.807, 2.05) is 23.1 Å². The van der Waals surface area contributed by atoms with Gasteiger partial charge in [0.15, 0.2) is 0 Å². The van der Waals surface area contributed by atoms with E-state index in [-0.39, 0.29) is 12.0 Å². The third-order valence-electron chi connectivity index (χ3n) is 5.26. The molecule has 0 N–H and O–H groups in total. The molecule has 6 nitrogen and oxygen atoms in total. The molecule has 1 aromatic heterocycles. The van der Waals surface area contributed by atoms with Crippen LogP contribution in [0.2, 0.25) is 0 Å². The first-order chi connectivity index (χ1) is 12.3. The van der Waals surface area contributed by atoms with Gasteiger partial charge in [-0.05, 0) is 43.7 Å². The first kappa shape index (κ1) is 16.3. The summed E-state index contributed by atoms with van der Waals surface area (Å²) in [5, 5.41) is 8.41. The molecule has 2 aliphatic rings.